The highest BCUT2D eigenvalue weighted by molar-refractivity contribution is 5.67. The Labute approximate surface area is 146 Å². The number of carboxylic acids is 1. The molecule has 0 radical (unpaired) electrons. The summed E-state index contributed by atoms with van der Waals surface area (Å²) in [6.07, 6.45) is 14.2. The molecule has 0 amide bonds. The molecule has 0 aliphatic carbocycles. The zero-order chi connectivity index (χ0) is 18.0. The van der Waals surface area contributed by atoms with Crippen LogP contribution >= 0.6 is 0 Å². The third-order valence-corrected chi connectivity index (χ3v) is 5.00. The highest BCUT2D eigenvalue weighted by Gasteiger charge is 2.41. The van der Waals surface area contributed by atoms with Gasteiger partial charge in [-0.25, -0.2) is 9.78 Å². The minimum absolute atomic E-state index is 0.00172. The van der Waals surface area contributed by atoms with Gasteiger partial charge in [0.15, 0.2) is 0 Å². The molecule has 0 aromatic carbocycles. The standard InChI is InChI=1S/C20H34O4/c1-5-9-11-16(6-2)12-10-13-20(8-4)15-17(7-3)18(23-24-20)14-19(21)22/h9-11,13,16-18H,5-8,12,14-15H2,1-4H3,(H,21,22)/b11-9+,13-10+/t16-,17+,18-,20+/m0/s1. The van der Waals surface area contributed by atoms with Gasteiger partial charge in [-0.2, -0.15) is 0 Å². The van der Waals surface area contributed by atoms with E-state index in [2.05, 4.69) is 52.0 Å². The number of carbonyl (C=O) groups is 1. The minimum atomic E-state index is -0.838. The van der Waals surface area contributed by atoms with Crippen LogP contribution in [0.2, 0.25) is 0 Å². The number of aliphatic carboxylic acids is 1. The fourth-order valence-electron chi connectivity index (χ4n) is 3.21. The molecule has 4 atom stereocenters. The van der Waals surface area contributed by atoms with Crippen LogP contribution in [0.15, 0.2) is 24.3 Å². The first-order valence-electron chi connectivity index (χ1n) is 9.40. The molecule has 138 valence electrons. The molecule has 1 saturated heterocycles. The molecule has 0 aromatic rings. The van der Waals surface area contributed by atoms with E-state index in [4.69, 9.17) is 14.9 Å². The van der Waals surface area contributed by atoms with E-state index in [0.717, 1.165) is 38.5 Å². The number of carboxylic acid groups (broad SMARTS) is 1. The Morgan fingerprint density at radius 3 is 2.58 bits per heavy atom. The molecule has 1 heterocycles. The third kappa shape index (κ3) is 6.40. The minimum Gasteiger partial charge on any atom is -0.481 e. The second kappa shape index (κ2) is 10.7. The van der Waals surface area contributed by atoms with Gasteiger partial charge in [0.2, 0.25) is 0 Å². The van der Waals surface area contributed by atoms with Crippen molar-refractivity contribution in [2.24, 2.45) is 11.8 Å². The Balaban J connectivity index is 2.71. The maximum absolute atomic E-state index is 11.0. The van der Waals surface area contributed by atoms with Crippen molar-refractivity contribution in [1.82, 2.24) is 0 Å². The summed E-state index contributed by atoms with van der Waals surface area (Å²) in [5.41, 5.74) is -0.428. The van der Waals surface area contributed by atoms with Gasteiger partial charge in [0, 0.05) is 0 Å². The van der Waals surface area contributed by atoms with Crippen LogP contribution in [0.5, 0.6) is 0 Å². The van der Waals surface area contributed by atoms with Crippen LogP contribution in [0.3, 0.4) is 0 Å². The lowest BCUT2D eigenvalue weighted by molar-refractivity contribution is -0.409. The Morgan fingerprint density at radius 2 is 2.04 bits per heavy atom. The predicted molar refractivity (Wildman–Crippen MR) is 96.6 cm³/mol. The summed E-state index contributed by atoms with van der Waals surface area (Å²) in [6, 6.07) is 0. The van der Waals surface area contributed by atoms with E-state index in [9.17, 15) is 4.79 Å². The lowest BCUT2D eigenvalue weighted by Crippen LogP contribution is -2.44. The molecular formula is C20H34O4. The maximum atomic E-state index is 11.0. The van der Waals surface area contributed by atoms with Crippen LogP contribution in [-0.2, 0) is 14.6 Å². The van der Waals surface area contributed by atoms with Gasteiger partial charge in [-0.3, -0.25) is 4.79 Å². The van der Waals surface area contributed by atoms with Gasteiger partial charge in [-0.05, 0) is 43.9 Å². The first-order valence-corrected chi connectivity index (χ1v) is 9.40. The second-order valence-electron chi connectivity index (χ2n) is 6.75. The monoisotopic (exact) mass is 338 g/mol. The van der Waals surface area contributed by atoms with E-state index in [1.54, 1.807) is 0 Å². The second-order valence-corrected chi connectivity index (χ2v) is 6.75. The molecule has 1 N–H and O–H groups in total. The average molecular weight is 338 g/mol. The lowest BCUT2D eigenvalue weighted by Gasteiger charge is -2.40. The van der Waals surface area contributed by atoms with E-state index in [1.807, 2.05) is 0 Å². The van der Waals surface area contributed by atoms with E-state index in [-0.39, 0.29) is 18.4 Å². The van der Waals surface area contributed by atoms with E-state index in [1.165, 1.54) is 0 Å². The number of hydrogen-bond acceptors (Lipinski definition) is 3. The Kier molecular flexibility index (Phi) is 9.30. The fourth-order valence-corrected chi connectivity index (χ4v) is 3.21. The van der Waals surface area contributed by atoms with Crippen molar-refractivity contribution in [1.29, 1.82) is 0 Å². The SMILES string of the molecule is CC/C=C/[C@H](CC)C/C=C/[C@]1(CC)C[C@@H](CC)[C@H](CC(=O)O)OO1. The largest absolute Gasteiger partial charge is 0.481 e. The van der Waals surface area contributed by atoms with Crippen molar-refractivity contribution in [3.63, 3.8) is 0 Å². The molecule has 24 heavy (non-hydrogen) atoms. The molecule has 1 rings (SSSR count). The van der Waals surface area contributed by atoms with E-state index >= 15 is 0 Å². The quantitative estimate of drug-likeness (QED) is 0.434. The summed E-state index contributed by atoms with van der Waals surface area (Å²) in [7, 11) is 0. The van der Waals surface area contributed by atoms with E-state index < -0.39 is 11.6 Å². The molecule has 0 saturated carbocycles. The molecule has 0 unspecified atom stereocenters. The van der Waals surface area contributed by atoms with Crippen LogP contribution in [-0.4, -0.2) is 22.8 Å². The number of allylic oxidation sites excluding steroid dienone is 3. The van der Waals surface area contributed by atoms with Gasteiger partial charge in [-0.1, -0.05) is 58.4 Å². The van der Waals surface area contributed by atoms with Gasteiger partial charge in [-0.15, -0.1) is 0 Å². The van der Waals surface area contributed by atoms with Crippen LogP contribution in [0, 0.1) is 11.8 Å². The molecule has 4 nitrogen and oxygen atoms in total. The molecule has 1 fully saturated rings. The molecule has 0 bridgehead atoms. The summed E-state index contributed by atoms with van der Waals surface area (Å²) in [6.45, 7) is 8.53. The van der Waals surface area contributed by atoms with Crippen LogP contribution in [0.4, 0.5) is 0 Å². The fraction of sp³-hybridized carbons (Fsp3) is 0.750. The molecule has 0 spiro atoms. The van der Waals surface area contributed by atoms with Crippen LogP contribution < -0.4 is 0 Å². The maximum Gasteiger partial charge on any atom is 0.306 e. The molecule has 1 aliphatic heterocycles. The van der Waals surface area contributed by atoms with Gasteiger partial charge in [0.25, 0.3) is 0 Å². The van der Waals surface area contributed by atoms with Crippen LogP contribution in [0.25, 0.3) is 0 Å². The Morgan fingerprint density at radius 1 is 1.29 bits per heavy atom. The van der Waals surface area contributed by atoms with Gasteiger partial charge < -0.3 is 5.11 Å². The molecule has 0 aromatic heterocycles. The number of rotatable bonds is 10. The first kappa shape index (κ1) is 20.9. The third-order valence-electron chi connectivity index (χ3n) is 5.00. The smallest absolute Gasteiger partial charge is 0.306 e. The van der Waals surface area contributed by atoms with Gasteiger partial charge >= 0.3 is 5.97 Å². The van der Waals surface area contributed by atoms with Crippen molar-refractivity contribution >= 4 is 5.97 Å². The van der Waals surface area contributed by atoms with Crippen molar-refractivity contribution in [2.75, 3.05) is 0 Å². The predicted octanol–water partition coefficient (Wildman–Crippen LogP) is 5.30. The van der Waals surface area contributed by atoms with Crippen molar-refractivity contribution in [3.8, 4) is 0 Å². The Bertz CT molecular complexity index is 429. The highest BCUT2D eigenvalue weighted by atomic mass is 17.2. The summed E-state index contributed by atoms with van der Waals surface area (Å²) in [5, 5.41) is 9.01. The summed E-state index contributed by atoms with van der Waals surface area (Å²) < 4.78 is 0. The van der Waals surface area contributed by atoms with Gasteiger partial charge in [0.1, 0.15) is 11.7 Å². The topological polar surface area (TPSA) is 55.8 Å². The Hall–Kier alpha value is -1.13. The van der Waals surface area contributed by atoms with E-state index in [0.29, 0.717) is 5.92 Å². The average Bonchev–Trinajstić information content (AvgIpc) is 2.58. The summed E-state index contributed by atoms with van der Waals surface area (Å²) in [5.74, 6) is -0.0714. The first-order chi connectivity index (χ1) is 11.5. The van der Waals surface area contributed by atoms with Crippen molar-refractivity contribution < 1.29 is 19.7 Å². The molecular weight excluding hydrogens is 304 g/mol. The summed E-state index contributed by atoms with van der Waals surface area (Å²) in [4.78, 5) is 22.2. The van der Waals surface area contributed by atoms with Crippen LogP contribution in [0.1, 0.15) is 72.6 Å². The normalized spacial score (nSPS) is 29.3. The van der Waals surface area contributed by atoms with Crippen molar-refractivity contribution in [2.45, 2.75) is 84.3 Å². The zero-order valence-corrected chi connectivity index (χ0v) is 15.7. The molecule has 1 aliphatic rings. The lowest BCUT2D eigenvalue weighted by atomic mass is 9.81. The molecule has 4 heteroatoms. The summed E-state index contributed by atoms with van der Waals surface area (Å²) >= 11 is 0. The highest BCUT2D eigenvalue weighted by Crippen LogP contribution is 2.38. The van der Waals surface area contributed by atoms with Gasteiger partial charge in [0.05, 0.1) is 6.42 Å². The number of hydrogen-bond donors (Lipinski definition) is 1. The van der Waals surface area contributed by atoms with Crippen molar-refractivity contribution in [3.05, 3.63) is 24.3 Å². The zero-order valence-electron chi connectivity index (χ0n) is 15.7.